The zero-order valence-corrected chi connectivity index (χ0v) is 13.7. The molecule has 2 heterocycles. The summed E-state index contributed by atoms with van der Waals surface area (Å²) in [4.78, 5) is 16.0. The quantitative estimate of drug-likeness (QED) is 0.648. The number of fused-ring (bicyclic) bond motifs is 1. The van der Waals surface area contributed by atoms with Gasteiger partial charge in [0, 0.05) is 11.8 Å². The van der Waals surface area contributed by atoms with E-state index >= 15 is 0 Å². The molecule has 0 radical (unpaired) electrons. The molecule has 23 heavy (non-hydrogen) atoms. The number of hydrogen-bond acceptors (Lipinski definition) is 4. The normalized spacial score (nSPS) is 11.2. The number of imidazole rings is 1. The first-order valence-electron chi connectivity index (χ1n) is 7.55. The van der Waals surface area contributed by atoms with Crippen LogP contribution in [0.3, 0.4) is 0 Å². The molecule has 0 atom stereocenters. The topological polar surface area (TPSA) is 56.0 Å². The Hall–Kier alpha value is -2.69. The zero-order valence-electron chi connectivity index (χ0n) is 13.7. The lowest BCUT2D eigenvalue weighted by Crippen LogP contribution is -1.95. The van der Waals surface area contributed by atoms with Crippen molar-refractivity contribution in [2.75, 3.05) is 7.11 Å². The van der Waals surface area contributed by atoms with Gasteiger partial charge in [0.25, 0.3) is 0 Å². The largest absolute Gasteiger partial charge is 0.496 e. The molecular formula is C18H19N3O2. The van der Waals surface area contributed by atoms with Gasteiger partial charge >= 0.3 is 0 Å². The second-order valence-corrected chi connectivity index (χ2v) is 5.92. The molecule has 118 valence electrons. The maximum atomic E-state index is 11.4. The number of nitroso groups, excluding NO2 is 1. The second kappa shape index (κ2) is 5.83. The number of hydrogen-bond donors (Lipinski definition) is 0. The van der Waals surface area contributed by atoms with Crippen LogP contribution < -0.4 is 4.74 Å². The molecule has 0 saturated carbocycles. The third kappa shape index (κ3) is 2.59. The molecule has 0 spiro atoms. The Kier molecular flexibility index (Phi) is 3.86. The van der Waals surface area contributed by atoms with Crippen LogP contribution in [0.4, 0.5) is 5.82 Å². The molecule has 0 aliphatic carbocycles. The summed E-state index contributed by atoms with van der Waals surface area (Å²) in [6.07, 6.45) is 1.82. The van der Waals surface area contributed by atoms with E-state index in [9.17, 15) is 4.91 Å². The van der Waals surface area contributed by atoms with Crippen molar-refractivity contribution in [1.29, 1.82) is 0 Å². The minimum absolute atomic E-state index is 0.303. The molecule has 3 aromatic rings. The number of nitrogens with zero attached hydrogens (tertiary/aromatic N) is 3. The van der Waals surface area contributed by atoms with Gasteiger partial charge in [0.2, 0.25) is 5.82 Å². The third-order valence-corrected chi connectivity index (χ3v) is 3.97. The van der Waals surface area contributed by atoms with Crippen molar-refractivity contribution >= 4 is 11.5 Å². The van der Waals surface area contributed by atoms with E-state index in [0.717, 1.165) is 28.1 Å². The molecule has 5 nitrogen and oxygen atoms in total. The van der Waals surface area contributed by atoms with Crippen LogP contribution >= 0.6 is 0 Å². The average Bonchev–Trinajstić information content (AvgIpc) is 2.91. The van der Waals surface area contributed by atoms with Crippen LogP contribution in [-0.4, -0.2) is 16.5 Å². The van der Waals surface area contributed by atoms with Gasteiger partial charge in [-0.25, -0.2) is 4.98 Å². The number of methoxy groups -OCH3 is 1. The molecular weight excluding hydrogens is 290 g/mol. The lowest BCUT2D eigenvalue weighted by Gasteiger charge is -2.12. The van der Waals surface area contributed by atoms with Crippen molar-refractivity contribution in [2.24, 2.45) is 5.18 Å². The number of rotatable bonds is 4. The van der Waals surface area contributed by atoms with Gasteiger partial charge in [-0.05, 0) is 59.5 Å². The van der Waals surface area contributed by atoms with Gasteiger partial charge in [0.05, 0.1) is 7.11 Å². The lowest BCUT2D eigenvalue weighted by molar-refractivity contribution is 0.407. The van der Waals surface area contributed by atoms with E-state index in [4.69, 9.17) is 4.74 Å². The number of ether oxygens (including phenoxy) is 1. The molecule has 2 aromatic heterocycles. The van der Waals surface area contributed by atoms with Gasteiger partial charge < -0.3 is 4.74 Å². The molecule has 0 fully saturated rings. The van der Waals surface area contributed by atoms with E-state index < -0.39 is 0 Å². The number of aryl methyl sites for hydroxylation is 1. The fraction of sp³-hybridized carbons (Fsp3) is 0.278. The van der Waals surface area contributed by atoms with Gasteiger partial charge in [-0.15, -0.1) is 4.91 Å². The first-order valence-corrected chi connectivity index (χ1v) is 7.55. The first-order chi connectivity index (χ1) is 11.0. The summed E-state index contributed by atoms with van der Waals surface area (Å²) in [6.45, 7) is 6.20. The first kappa shape index (κ1) is 15.2. The predicted molar refractivity (Wildman–Crippen MR) is 91.5 cm³/mol. The monoisotopic (exact) mass is 309 g/mol. The van der Waals surface area contributed by atoms with Crippen molar-refractivity contribution < 1.29 is 4.74 Å². The minimum Gasteiger partial charge on any atom is -0.496 e. The zero-order chi connectivity index (χ0) is 16.6. The summed E-state index contributed by atoms with van der Waals surface area (Å²) in [5.41, 5.74) is 4.34. The SMILES string of the molecule is COc1ccc(-c2nc3cc(C)ccn3c2N=O)cc1C(C)C. The van der Waals surface area contributed by atoms with E-state index in [-0.39, 0.29) is 0 Å². The van der Waals surface area contributed by atoms with Crippen LogP contribution in [0.15, 0.2) is 41.7 Å². The summed E-state index contributed by atoms with van der Waals surface area (Å²) >= 11 is 0. The Bertz CT molecular complexity index is 881. The van der Waals surface area contributed by atoms with Crippen LogP contribution in [-0.2, 0) is 0 Å². The number of aromatic nitrogens is 2. The van der Waals surface area contributed by atoms with Gasteiger partial charge in [0.1, 0.15) is 17.1 Å². The summed E-state index contributed by atoms with van der Waals surface area (Å²) in [5.74, 6) is 1.46. The van der Waals surface area contributed by atoms with Gasteiger partial charge in [-0.1, -0.05) is 13.8 Å². The summed E-state index contributed by atoms with van der Waals surface area (Å²) in [6, 6.07) is 9.71. The molecule has 0 aliphatic rings. The Morgan fingerprint density at radius 1 is 1.22 bits per heavy atom. The fourth-order valence-electron chi connectivity index (χ4n) is 2.75. The van der Waals surface area contributed by atoms with E-state index in [1.807, 2.05) is 43.5 Å². The summed E-state index contributed by atoms with van der Waals surface area (Å²) in [7, 11) is 1.66. The van der Waals surface area contributed by atoms with Crippen LogP contribution in [0, 0.1) is 11.8 Å². The Morgan fingerprint density at radius 3 is 2.65 bits per heavy atom. The highest BCUT2D eigenvalue weighted by atomic mass is 16.5. The predicted octanol–water partition coefficient (Wildman–Crippen LogP) is 4.84. The molecule has 3 rings (SSSR count). The smallest absolute Gasteiger partial charge is 0.209 e. The Balaban J connectivity index is 2.24. The lowest BCUT2D eigenvalue weighted by atomic mass is 9.98. The molecule has 1 aromatic carbocycles. The molecule has 0 bridgehead atoms. The average molecular weight is 309 g/mol. The standard InChI is InChI=1S/C18H19N3O2/c1-11(2)14-10-13(5-6-15(14)23-4)17-18(20-22)21-8-7-12(3)9-16(21)19-17/h5-11H,1-4H3. The number of pyridine rings is 1. The van der Waals surface area contributed by atoms with Crippen LogP contribution in [0.5, 0.6) is 5.75 Å². The van der Waals surface area contributed by atoms with Crippen molar-refractivity contribution in [3.63, 3.8) is 0 Å². The van der Waals surface area contributed by atoms with Crippen LogP contribution in [0.25, 0.3) is 16.9 Å². The maximum absolute atomic E-state index is 11.4. The van der Waals surface area contributed by atoms with Crippen LogP contribution in [0.1, 0.15) is 30.9 Å². The molecule has 0 amide bonds. The highest BCUT2D eigenvalue weighted by Crippen LogP contribution is 2.35. The summed E-state index contributed by atoms with van der Waals surface area (Å²) in [5, 5.41) is 3.20. The van der Waals surface area contributed by atoms with Gasteiger partial charge in [0.15, 0.2) is 0 Å². The maximum Gasteiger partial charge on any atom is 0.209 e. The Morgan fingerprint density at radius 2 is 2.00 bits per heavy atom. The molecule has 0 unspecified atom stereocenters. The second-order valence-electron chi connectivity index (χ2n) is 5.92. The highest BCUT2D eigenvalue weighted by molar-refractivity contribution is 5.75. The van der Waals surface area contributed by atoms with Gasteiger partial charge in [-0.3, -0.25) is 4.40 Å². The molecule has 0 saturated heterocycles. The fourth-order valence-corrected chi connectivity index (χ4v) is 2.75. The van der Waals surface area contributed by atoms with E-state index in [1.165, 1.54) is 0 Å². The van der Waals surface area contributed by atoms with E-state index in [2.05, 4.69) is 24.0 Å². The number of benzene rings is 1. The van der Waals surface area contributed by atoms with Crippen LogP contribution in [0.2, 0.25) is 0 Å². The van der Waals surface area contributed by atoms with Crippen molar-refractivity contribution in [3.05, 3.63) is 52.6 Å². The molecule has 5 heteroatoms. The van der Waals surface area contributed by atoms with Gasteiger partial charge in [-0.2, -0.15) is 0 Å². The molecule has 0 N–H and O–H groups in total. The highest BCUT2D eigenvalue weighted by Gasteiger charge is 2.17. The van der Waals surface area contributed by atoms with E-state index in [0.29, 0.717) is 17.4 Å². The minimum atomic E-state index is 0.303. The molecule has 0 aliphatic heterocycles. The van der Waals surface area contributed by atoms with Crippen molar-refractivity contribution in [2.45, 2.75) is 26.7 Å². The summed E-state index contributed by atoms with van der Waals surface area (Å²) < 4.78 is 7.13. The third-order valence-electron chi connectivity index (χ3n) is 3.97. The van der Waals surface area contributed by atoms with Crippen molar-refractivity contribution in [3.8, 4) is 17.0 Å². The van der Waals surface area contributed by atoms with Crippen molar-refractivity contribution in [1.82, 2.24) is 9.38 Å². The van der Waals surface area contributed by atoms with E-state index in [1.54, 1.807) is 11.5 Å². The Labute approximate surface area is 134 Å².